The second-order valence-electron chi connectivity index (χ2n) is 3.19. The lowest BCUT2D eigenvalue weighted by Gasteiger charge is -2.08. The summed E-state index contributed by atoms with van der Waals surface area (Å²) in [6, 6.07) is 4.60. The summed E-state index contributed by atoms with van der Waals surface area (Å²) in [7, 11) is 0. The van der Waals surface area contributed by atoms with E-state index < -0.39 is 12.1 Å². The number of aromatic carboxylic acids is 1. The Balaban J connectivity index is 2.38. The number of pyridine rings is 1. The molecule has 0 spiro atoms. The Labute approximate surface area is 91.0 Å². The van der Waals surface area contributed by atoms with Crippen LogP contribution in [-0.4, -0.2) is 21.2 Å². The topological polar surface area (TPSA) is 83.6 Å². The van der Waals surface area contributed by atoms with Crippen LogP contribution in [0, 0.1) is 0 Å². The van der Waals surface area contributed by atoms with E-state index >= 15 is 0 Å². The summed E-state index contributed by atoms with van der Waals surface area (Å²) in [6.45, 7) is 0. The van der Waals surface area contributed by atoms with E-state index in [9.17, 15) is 9.90 Å². The minimum Gasteiger partial charge on any atom is -0.478 e. The number of rotatable bonds is 3. The van der Waals surface area contributed by atoms with Gasteiger partial charge in [-0.15, -0.1) is 0 Å². The lowest BCUT2D eigenvalue weighted by atomic mass is 10.1. The van der Waals surface area contributed by atoms with Crippen molar-refractivity contribution in [3.63, 3.8) is 0 Å². The summed E-state index contributed by atoms with van der Waals surface area (Å²) in [4.78, 5) is 14.7. The zero-order valence-corrected chi connectivity index (χ0v) is 8.20. The molecule has 1 atom stereocenters. The molecule has 2 N–H and O–H groups in total. The maximum Gasteiger partial charge on any atom is 0.339 e. The van der Waals surface area contributed by atoms with E-state index in [-0.39, 0.29) is 11.3 Å². The van der Waals surface area contributed by atoms with Gasteiger partial charge in [-0.1, -0.05) is 6.07 Å². The van der Waals surface area contributed by atoms with Crippen molar-refractivity contribution in [2.24, 2.45) is 0 Å². The predicted octanol–water partition coefficient (Wildman–Crippen LogP) is 1.45. The highest BCUT2D eigenvalue weighted by atomic mass is 16.4. The van der Waals surface area contributed by atoms with Crippen molar-refractivity contribution in [3.05, 3.63) is 53.7 Å². The molecule has 5 nitrogen and oxygen atoms in total. The van der Waals surface area contributed by atoms with E-state index in [1.54, 1.807) is 18.3 Å². The highest BCUT2D eigenvalue weighted by Gasteiger charge is 2.22. The van der Waals surface area contributed by atoms with Gasteiger partial charge < -0.3 is 14.6 Å². The van der Waals surface area contributed by atoms with Crippen LogP contribution in [0.15, 0.2) is 41.3 Å². The third kappa shape index (κ3) is 1.80. The number of hydrogen-bond donors (Lipinski definition) is 2. The lowest BCUT2D eigenvalue weighted by Crippen LogP contribution is -2.05. The Morgan fingerprint density at radius 2 is 2.25 bits per heavy atom. The van der Waals surface area contributed by atoms with E-state index in [0.717, 1.165) is 0 Å². The molecule has 0 bridgehead atoms. The third-order valence-electron chi connectivity index (χ3n) is 2.17. The van der Waals surface area contributed by atoms with Crippen LogP contribution in [-0.2, 0) is 0 Å². The van der Waals surface area contributed by atoms with Crippen LogP contribution in [0.2, 0.25) is 0 Å². The van der Waals surface area contributed by atoms with Gasteiger partial charge in [0.25, 0.3) is 0 Å². The highest BCUT2D eigenvalue weighted by molar-refractivity contribution is 5.88. The smallest absolute Gasteiger partial charge is 0.339 e. The normalized spacial score (nSPS) is 12.3. The van der Waals surface area contributed by atoms with E-state index in [1.165, 1.54) is 18.5 Å². The summed E-state index contributed by atoms with van der Waals surface area (Å²) >= 11 is 0. The quantitative estimate of drug-likeness (QED) is 0.816. The van der Waals surface area contributed by atoms with Crippen LogP contribution in [0.25, 0.3) is 0 Å². The Bertz CT molecular complexity index is 492. The molecule has 5 heteroatoms. The van der Waals surface area contributed by atoms with Crippen molar-refractivity contribution >= 4 is 5.97 Å². The van der Waals surface area contributed by atoms with Crippen molar-refractivity contribution in [1.82, 2.24) is 4.98 Å². The molecule has 2 aromatic heterocycles. The van der Waals surface area contributed by atoms with Crippen LogP contribution in [0.5, 0.6) is 0 Å². The zero-order chi connectivity index (χ0) is 11.5. The molecule has 0 amide bonds. The summed E-state index contributed by atoms with van der Waals surface area (Å²) in [5.74, 6) is -1.12. The van der Waals surface area contributed by atoms with Gasteiger partial charge in [-0.25, -0.2) is 4.79 Å². The van der Waals surface area contributed by atoms with Crippen LogP contribution in [0.4, 0.5) is 0 Å². The summed E-state index contributed by atoms with van der Waals surface area (Å²) in [5, 5.41) is 18.8. The third-order valence-corrected chi connectivity index (χ3v) is 2.17. The van der Waals surface area contributed by atoms with Gasteiger partial charge in [0.05, 0.1) is 6.26 Å². The molecule has 2 rings (SSSR count). The fourth-order valence-electron chi connectivity index (χ4n) is 1.40. The molecule has 0 fully saturated rings. The molecule has 1 unspecified atom stereocenters. The monoisotopic (exact) mass is 219 g/mol. The first-order valence-corrected chi connectivity index (χ1v) is 4.59. The van der Waals surface area contributed by atoms with Crippen molar-refractivity contribution in [1.29, 1.82) is 0 Å². The van der Waals surface area contributed by atoms with Gasteiger partial charge in [-0.05, 0) is 12.1 Å². The number of carboxylic acids is 1. The zero-order valence-electron chi connectivity index (χ0n) is 8.20. The first-order chi connectivity index (χ1) is 7.70. The molecule has 0 aromatic carbocycles. The molecule has 2 aromatic rings. The number of carbonyl (C=O) groups is 1. The Kier molecular flexibility index (Phi) is 2.70. The minimum absolute atomic E-state index is 0.0144. The van der Waals surface area contributed by atoms with Gasteiger partial charge >= 0.3 is 5.97 Å². The van der Waals surface area contributed by atoms with Crippen LogP contribution in [0.3, 0.4) is 0 Å². The minimum atomic E-state index is -1.13. The number of nitrogens with zero attached hydrogens (tertiary/aromatic N) is 1. The predicted molar refractivity (Wildman–Crippen MR) is 54.0 cm³/mol. The summed E-state index contributed by atoms with van der Waals surface area (Å²) < 4.78 is 4.98. The number of aromatic nitrogens is 1. The van der Waals surface area contributed by atoms with Gasteiger partial charge in [-0.2, -0.15) is 0 Å². The average molecular weight is 219 g/mol. The van der Waals surface area contributed by atoms with E-state index in [2.05, 4.69) is 4.98 Å². The molecule has 0 radical (unpaired) electrons. The number of aliphatic hydroxyl groups is 1. The van der Waals surface area contributed by atoms with Crippen molar-refractivity contribution in [3.8, 4) is 0 Å². The van der Waals surface area contributed by atoms with Gasteiger partial charge in [0.2, 0.25) is 0 Å². The van der Waals surface area contributed by atoms with Crippen molar-refractivity contribution in [2.75, 3.05) is 0 Å². The molecular formula is C11H9NO4. The second kappa shape index (κ2) is 4.16. The largest absolute Gasteiger partial charge is 0.478 e. The molecular weight excluding hydrogens is 210 g/mol. The molecule has 0 aliphatic carbocycles. The number of carboxylic acid groups (broad SMARTS) is 1. The van der Waals surface area contributed by atoms with E-state index in [1.807, 2.05) is 0 Å². The highest BCUT2D eigenvalue weighted by Crippen LogP contribution is 2.25. The SMILES string of the molecule is O=C(O)c1ccoc1C(O)c1cccnc1. The molecule has 0 saturated heterocycles. The molecule has 82 valence electrons. The Morgan fingerprint density at radius 3 is 2.88 bits per heavy atom. The molecule has 0 aliphatic rings. The maximum absolute atomic E-state index is 10.8. The van der Waals surface area contributed by atoms with E-state index in [0.29, 0.717) is 5.56 Å². The van der Waals surface area contributed by atoms with Crippen LogP contribution in [0.1, 0.15) is 27.8 Å². The molecule has 0 aliphatic heterocycles. The van der Waals surface area contributed by atoms with Crippen molar-refractivity contribution < 1.29 is 19.4 Å². The number of hydrogen-bond acceptors (Lipinski definition) is 4. The molecule has 0 saturated carbocycles. The van der Waals surface area contributed by atoms with E-state index in [4.69, 9.17) is 9.52 Å². The Hall–Kier alpha value is -2.14. The van der Waals surface area contributed by atoms with Gasteiger partial charge in [0.1, 0.15) is 11.7 Å². The molecule has 2 heterocycles. The average Bonchev–Trinajstić information content (AvgIpc) is 2.78. The van der Waals surface area contributed by atoms with Gasteiger partial charge in [0.15, 0.2) is 5.76 Å². The fraction of sp³-hybridized carbons (Fsp3) is 0.0909. The van der Waals surface area contributed by atoms with Gasteiger partial charge in [-0.3, -0.25) is 4.98 Å². The first kappa shape index (κ1) is 10.4. The molecule has 16 heavy (non-hydrogen) atoms. The van der Waals surface area contributed by atoms with Crippen LogP contribution >= 0.6 is 0 Å². The van der Waals surface area contributed by atoms with Gasteiger partial charge in [0, 0.05) is 18.0 Å². The van der Waals surface area contributed by atoms with Crippen LogP contribution < -0.4 is 0 Å². The number of aliphatic hydroxyl groups excluding tert-OH is 1. The lowest BCUT2D eigenvalue weighted by molar-refractivity contribution is 0.0687. The number of furan rings is 1. The maximum atomic E-state index is 10.8. The standard InChI is InChI=1S/C11H9NO4/c13-9(7-2-1-4-12-6-7)10-8(11(14)15)3-5-16-10/h1-6,9,13H,(H,14,15). The first-order valence-electron chi connectivity index (χ1n) is 4.59. The van der Waals surface area contributed by atoms with Crippen molar-refractivity contribution in [2.45, 2.75) is 6.10 Å². The Morgan fingerprint density at radius 1 is 1.44 bits per heavy atom. The fourth-order valence-corrected chi connectivity index (χ4v) is 1.40. The summed E-state index contributed by atoms with van der Waals surface area (Å²) in [6.07, 6.45) is 3.14. The summed E-state index contributed by atoms with van der Waals surface area (Å²) in [5.41, 5.74) is 0.441. The second-order valence-corrected chi connectivity index (χ2v) is 3.19.